The Hall–Kier alpha value is -1.35. The Morgan fingerprint density at radius 3 is 2.47 bits per heavy atom. The second-order valence-electron chi connectivity index (χ2n) is 5.45. The van der Waals surface area contributed by atoms with E-state index in [1.165, 1.54) is 0 Å². The van der Waals surface area contributed by atoms with Gasteiger partial charge in [0.05, 0.1) is 11.5 Å². The maximum Gasteiger partial charge on any atom is 0.315 e. The molecule has 1 fully saturated rings. The van der Waals surface area contributed by atoms with Gasteiger partial charge in [-0.3, -0.25) is 4.79 Å². The predicted molar refractivity (Wildman–Crippen MR) is 73.4 cm³/mol. The standard InChI is InChI=1S/C16H22O3/c1-13(17)16(10-6-3-7-11-16)15(18)19-12-14-8-4-2-5-9-14/h2,4-5,8-9,13,17H,3,6-7,10-12H2,1H3. The van der Waals surface area contributed by atoms with Crippen LogP contribution in [0, 0.1) is 5.41 Å². The van der Waals surface area contributed by atoms with Crippen molar-refractivity contribution in [2.24, 2.45) is 5.41 Å². The summed E-state index contributed by atoms with van der Waals surface area (Å²) in [6.45, 7) is 1.99. The first kappa shape index (κ1) is 14.1. The van der Waals surface area contributed by atoms with Crippen LogP contribution in [0.1, 0.15) is 44.6 Å². The highest BCUT2D eigenvalue weighted by atomic mass is 16.5. The van der Waals surface area contributed by atoms with Gasteiger partial charge in [-0.1, -0.05) is 49.6 Å². The van der Waals surface area contributed by atoms with Gasteiger partial charge < -0.3 is 9.84 Å². The molecule has 1 aliphatic rings. The molecule has 1 aromatic carbocycles. The van der Waals surface area contributed by atoms with Crippen LogP contribution in [0.5, 0.6) is 0 Å². The van der Waals surface area contributed by atoms with E-state index in [0.29, 0.717) is 0 Å². The summed E-state index contributed by atoms with van der Waals surface area (Å²) in [5, 5.41) is 9.99. The Kier molecular flexibility index (Phi) is 4.59. The first-order chi connectivity index (χ1) is 9.15. The lowest BCUT2D eigenvalue weighted by atomic mass is 9.70. The molecule has 0 amide bonds. The Bertz CT molecular complexity index is 405. The Morgan fingerprint density at radius 1 is 1.26 bits per heavy atom. The van der Waals surface area contributed by atoms with Crippen LogP contribution < -0.4 is 0 Å². The zero-order chi connectivity index (χ0) is 13.7. The van der Waals surface area contributed by atoms with Crippen LogP contribution in [-0.4, -0.2) is 17.2 Å². The normalized spacial score (nSPS) is 19.7. The van der Waals surface area contributed by atoms with E-state index in [-0.39, 0.29) is 12.6 Å². The summed E-state index contributed by atoms with van der Waals surface area (Å²) in [5.74, 6) is -0.244. The maximum atomic E-state index is 12.4. The molecule has 0 aliphatic heterocycles. The lowest BCUT2D eigenvalue weighted by Crippen LogP contribution is -2.43. The van der Waals surface area contributed by atoms with Crippen molar-refractivity contribution in [3.8, 4) is 0 Å². The number of esters is 1. The molecular weight excluding hydrogens is 240 g/mol. The Morgan fingerprint density at radius 2 is 1.89 bits per heavy atom. The summed E-state index contributed by atoms with van der Waals surface area (Å²) in [7, 11) is 0. The van der Waals surface area contributed by atoms with Crippen molar-refractivity contribution in [1.29, 1.82) is 0 Å². The fraction of sp³-hybridized carbons (Fsp3) is 0.562. The van der Waals surface area contributed by atoms with Gasteiger partial charge in [-0.2, -0.15) is 0 Å². The lowest BCUT2D eigenvalue weighted by Gasteiger charge is -2.37. The largest absolute Gasteiger partial charge is 0.460 e. The predicted octanol–water partition coefficient (Wildman–Crippen LogP) is 3.06. The van der Waals surface area contributed by atoms with E-state index < -0.39 is 11.5 Å². The topological polar surface area (TPSA) is 46.5 Å². The number of carbonyl (C=O) groups is 1. The van der Waals surface area contributed by atoms with Crippen LogP contribution >= 0.6 is 0 Å². The van der Waals surface area contributed by atoms with Gasteiger partial charge in [0.2, 0.25) is 0 Å². The van der Waals surface area contributed by atoms with Crippen molar-refractivity contribution < 1.29 is 14.6 Å². The summed E-state index contributed by atoms with van der Waals surface area (Å²) in [6, 6.07) is 9.65. The molecule has 0 bridgehead atoms. The van der Waals surface area contributed by atoms with Gasteiger partial charge >= 0.3 is 5.97 Å². The van der Waals surface area contributed by atoms with Crippen molar-refractivity contribution in [3.63, 3.8) is 0 Å². The molecule has 0 heterocycles. The van der Waals surface area contributed by atoms with Crippen LogP contribution in [0.2, 0.25) is 0 Å². The van der Waals surface area contributed by atoms with Gasteiger partial charge in [0.15, 0.2) is 0 Å². The number of rotatable bonds is 4. The molecule has 1 saturated carbocycles. The number of aliphatic hydroxyl groups excluding tert-OH is 1. The number of benzene rings is 1. The fourth-order valence-corrected chi connectivity index (χ4v) is 2.84. The summed E-state index contributed by atoms with van der Waals surface area (Å²) in [6.07, 6.45) is 3.95. The number of hydrogen-bond donors (Lipinski definition) is 1. The number of carbonyl (C=O) groups excluding carboxylic acids is 1. The molecule has 0 aromatic heterocycles. The van der Waals surface area contributed by atoms with Gasteiger partial charge in [-0.05, 0) is 25.3 Å². The van der Waals surface area contributed by atoms with Crippen molar-refractivity contribution in [2.45, 2.75) is 51.7 Å². The van der Waals surface area contributed by atoms with Crippen molar-refractivity contribution in [1.82, 2.24) is 0 Å². The molecule has 1 atom stereocenters. The minimum atomic E-state index is -0.687. The second-order valence-corrected chi connectivity index (χ2v) is 5.45. The average molecular weight is 262 g/mol. The monoisotopic (exact) mass is 262 g/mol. The number of aliphatic hydroxyl groups is 1. The van der Waals surface area contributed by atoms with Gasteiger partial charge in [0.1, 0.15) is 6.61 Å². The molecule has 1 unspecified atom stereocenters. The Labute approximate surface area is 114 Å². The van der Waals surface area contributed by atoms with E-state index in [1.807, 2.05) is 30.3 Å². The average Bonchev–Trinajstić information content (AvgIpc) is 2.46. The van der Waals surface area contributed by atoms with E-state index in [4.69, 9.17) is 4.74 Å². The van der Waals surface area contributed by atoms with Crippen LogP contribution in [0.25, 0.3) is 0 Å². The third kappa shape index (κ3) is 3.16. The molecule has 0 radical (unpaired) electrons. The SMILES string of the molecule is CC(O)C1(C(=O)OCc2ccccc2)CCCCC1. The minimum absolute atomic E-state index is 0.244. The van der Waals surface area contributed by atoms with Crippen molar-refractivity contribution >= 4 is 5.97 Å². The van der Waals surface area contributed by atoms with Gasteiger partial charge in [0.25, 0.3) is 0 Å². The molecule has 0 spiro atoms. The second kappa shape index (κ2) is 6.20. The highest BCUT2D eigenvalue weighted by Crippen LogP contribution is 2.40. The van der Waals surface area contributed by atoms with Crippen molar-refractivity contribution in [3.05, 3.63) is 35.9 Å². The van der Waals surface area contributed by atoms with Gasteiger partial charge in [0, 0.05) is 0 Å². The summed E-state index contributed by atoms with van der Waals surface area (Å²) < 4.78 is 5.43. The zero-order valence-electron chi connectivity index (χ0n) is 11.5. The summed E-state index contributed by atoms with van der Waals surface area (Å²) >= 11 is 0. The van der Waals surface area contributed by atoms with Crippen molar-refractivity contribution in [2.75, 3.05) is 0 Å². The van der Waals surface area contributed by atoms with Crippen LogP contribution in [0.4, 0.5) is 0 Å². The highest BCUT2D eigenvalue weighted by molar-refractivity contribution is 5.77. The fourth-order valence-electron chi connectivity index (χ4n) is 2.84. The molecule has 1 aromatic rings. The maximum absolute atomic E-state index is 12.4. The van der Waals surface area contributed by atoms with Gasteiger partial charge in [-0.15, -0.1) is 0 Å². The summed E-state index contributed by atoms with van der Waals surface area (Å²) in [5.41, 5.74) is 0.292. The first-order valence-electron chi connectivity index (χ1n) is 7.04. The molecule has 2 rings (SSSR count). The van der Waals surface area contributed by atoms with Crippen LogP contribution in [-0.2, 0) is 16.1 Å². The number of hydrogen-bond acceptors (Lipinski definition) is 3. The van der Waals surface area contributed by atoms with E-state index in [2.05, 4.69) is 0 Å². The summed E-state index contributed by atoms with van der Waals surface area (Å²) in [4.78, 5) is 12.4. The third-order valence-corrected chi connectivity index (χ3v) is 4.16. The van der Waals surface area contributed by atoms with Crippen LogP contribution in [0.3, 0.4) is 0 Å². The van der Waals surface area contributed by atoms with Crippen LogP contribution in [0.15, 0.2) is 30.3 Å². The quantitative estimate of drug-likeness (QED) is 0.848. The molecule has 0 saturated heterocycles. The molecule has 1 N–H and O–H groups in total. The van der Waals surface area contributed by atoms with Gasteiger partial charge in [-0.25, -0.2) is 0 Å². The molecule has 1 aliphatic carbocycles. The van der Waals surface area contributed by atoms with E-state index in [0.717, 1.165) is 37.7 Å². The number of ether oxygens (including phenoxy) is 1. The van der Waals surface area contributed by atoms with E-state index in [1.54, 1.807) is 6.92 Å². The minimum Gasteiger partial charge on any atom is -0.460 e. The highest BCUT2D eigenvalue weighted by Gasteiger charge is 2.45. The zero-order valence-corrected chi connectivity index (χ0v) is 11.5. The molecule has 104 valence electrons. The molecule has 19 heavy (non-hydrogen) atoms. The Balaban J connectivity index is 2.00. The third-order valence-electron chi connectivity index (χ3n) is 4.16. The smallest absolute Gasteiger partial charge is 0.315 e. The molecular formula is C16H22O3. The molecule has 3 nitrogen and oxygen atoms in total. The van der Waals surface area contributed by atoms with E-state index in [9.17, 15) is 9.90 Å². The first-order valence-corrected chi connectivity index (χ1v) is 7.04. The lowest BCUT2D eigenvalue weighted by molar-refractivity contribution is -0.167. The molecule has 3 heteroatoms. The van der Waals surface area contributed by atoms with E-state index >= 15 is 0 Å².